The Labute approximate surface area is 115 Å². The maximum absolute atomic E-state index is 11.6. The molecule has 0 radical (unpaired) electrons. The summed E-state index contributed by atoms with van der Waals surface area (Å²) in [5.41, 5.74) is 10.7. The average molecular weight is 261 g/mol. The maximum atomic E-state index is 11.6. The van der Waals surface area contributed by atoms with Gasteiger partial charge in [-0.25, -0.2) is 5.43 Å². The van der Waals surface area contributed by atoms with E-state index in [9.17, 15) is 4.79 Å². The Morgan fingerprint density at radius 1 is 1.21 bits per heavy atom. The van der Waals surface area contributed by atoms with Gasteiger partial charge in [-0.05, 0) is 31.0 Å². The van der Waals surface area contributed by atoms with Crippen molar-refractivity contribution in [1.29, 1.82) is 0 Å². The number of hydrogen-bond donors (Lipinski definition) is 2. The number of hydrogen-bond acceptors (Lipinski definition) is 3. The van der Waals surface area contributed by atoms with E-state index < -0.39 is 0 Å². The molecule has 3 N–H and O–H groups in total. The molecular formula is C15H23N3O. The van der Waals surface area contributed by atoms with Gasteiger partial charge in [-0.1, -0.05) is 38.3 Å². The van der Waals surface area contributed by atoms with Crippen LogP contribution in [0.2, 0.25) is 0 Å². The predicted octanol–water partition coefficient (Wildman–Crippen LogP) is 3.08. The lowest BCUT2D eigenvalue weighted by Gasteiger charge is -2.03. The van der Waals surface area contributed by atoms with Crippen LogP contribution in [0.3, 0.4) is 0 Å². The van der Waals surface area contributed by atoms with E-state index in [1.807, 2.05) is 31.2 Å². The highest BCUT2D eigenvalue weighted by Crippen LogP contribution is 2.06. The zero-order valence-corrected chi connectivity index (χ0v) is 11.8. The molecule has 0 spiro atoms. The predicted molar refractivity (Wildman–Crippen MR) is 80.0 cm³/mol. The average Bonchev–Trinajstić information content (AvgIpc) is 2.42. The Hall–Kier alpha value is -1.84. The molecule has 0 atom stereocenters. The van der Waals surface area contributed by atoms with Crippen molar-refractivity contribution < 1.29 is 4.79 Å². The van der Waals surface area contributed by atoms with Crippen molar-refractivity contribution in [2.75, 3.05) is 5.73 Å². The van der Waals surface area contributed by atoms with Gasteiger partial charge in [0, 0.05) is 12.1 Å². The van der Waals surface area contributed by atoms with Crippen molar-refractivity contribution in [1.82, 2.24) is 5.43 Å². The topological polar surface area (TPSA) is 67.5 Å². The molecule has 0 saturated carbocycles. The standard InChI is InChI=1S/C15H23N3O/c1-3-4-5-6-7-15(19)18-17-12(2)13-8-10-14(16)11-9-13/h8-11H,3-7,16H2,1-2H3,(H,18,19). The molecule has 19 heavy (non-hydrogen) atoms. The van der Waals surface area contributed by atoms with Gasteiger partial charge in [0.25, 0.3) is 0 Å². The molecule has 0 fully saturated rings. The summed E-state index contributed by atoms with van der Waals surface area (Å²) in [6, 6.07) is 7.42. The summed E-state index contributed by atoms with van der Waals surface area (Å²) >= 11 is 0. The first-order valence-corrected chi connectivity index (χ1v) is 6.82. The number of hydrazone groups is 1. The zero-order valence-electron chi connectivity index (χ0n) is 11.8. The number of rotatable bonds is 7. The lowest BCUT2D eigenvalue weighted by atomic mass is 10.1. The quantitative estimate of drug-likeness (QED) is 0.343. The van der Waals surface area contributed by atoms with E-state index in [1.54, 1.807) is 0 Å². The van der Waals surface area contributed by atoms with Crippen molar-refractivity contribution in [2.24, 2.45) is 5.10 Å². The van der Waals surface area contributed by atoms with E-state index in [0.29, 0.717) is 6.42 Å². The number of unbranched alkanes of at least 4 members (excludes halogenated alkanes) is 3. The van der Waals surface area contributed by atoms with Crippen LogP contribution in [-0.4, -0.2) is 11.6 Å². The Kier molecular flexibility index (Phi) is 6.64. The summed E-state index contributed by atoms with van der Waals surface area (Å²) in [7, 11) is 0. The van der Waals surface area contributed by atoms with Crippen molar-refractivity contribution in [3.63, 3.8) is 0 Å². The van der Waals surface area contributed by atoms with Crippen molar-refractivity contribution in [3.8, 4) is 0 Å². The smallest absolute Gasteiger partial charge is 0.240 e. The van der Waals surface area contributed by atoms with E-state index in [2.05, 4.69) is 17.5 Å². The summed E-state index contributed by atoms with van der Waals surface area (Å²) in [5.74, 6) is -0.0223. The lowest BCUT2D eigenvalue weighted by molar-refractivity contribution is -0.121. The highest BCUT2D eigenvalue weighted by Gasteiger charge is 2.01. The number of amides is 1. The third kappa shape index (κ3) is 6.04. The van der Waals surface area contributed by atoms with E-state index in [0.717, 1.165) is 29.8 Å². The second-order valence-electron chi connectivity index (χ2n) is 4.66. The van der Waals surface area contributed by atoms with Crippen LogP contribution in [0, 0.1) is 0 Å². The molecule has 0 saturated heterocycles. The van der Waals surface area contributed by atoms with Gasteiger partial charge in [-0.3, -0.25) is 4.79 Å². The number of nitrogens with two attached hydrogens (primary N) is 1. The normalized spacial score (nSPS) is 11.4. The molecule has 1 aromatic carbocycles. The number of nitrogens with zero attached hydrogens (tertiary/aromatic N) is 1. The van der Waals surface area contributed by atoms with Crippen molar-refractivity contribution >= 4 is 17.3 Å². The van der Waals surface area contributed by atoms with Gasteiger partial charge in [0.15, 0.2) is 0 Å². The first kappa shape index (κ1) is 15.2. The number of nitrogen functional groups attached to an aromatic ring is 1. The Balaban J connectivity index is 2.38. The third-order valence-corrected chi connectivity index (χ3v) is 2.93. The molecule has 0 bridgehead atoms. The Morgan fingerprint density at radius 3 is 2.53 bits per heavy atom. The largest absolute Gasteiger partial charge is 0.399 e. The first-order chi connectivity index (χ1) is 9.13. The zero-order chi connectivity index (χ0) is 14.1. The molecule has 0 aromatic heterocycles. The molecule has 0 aliphatic rings. The van der Waals surface area contributed by atoms with Crippen LogP contribution in [0.25, 0.3) is 0 Å². The number of nitrogens with one attached hydrogen (secondary N) is 1. The minimum Gasteiger partial charge on any atom is -0.399 e. The molecule has 4 nitrogen and oxygen atoms in total. The molecule has 104 valence electrons. The van der Waals surface area contributed by atoms with Gasteiger partial charge < -0.3 is 5.73 Å². The SMILES string of the molecule is CCCCCCC(=O)NN=C(C)c1ccc(N)cc1. The van der Waals surface area contributed by atoms with Crippen molar-refractivity contribution in [3.05, 3.63) is 29.8 Å². The summed E-state index contributed by atoms with van der Waals surface area (Å²) in [5, 5.41) is 4.10. The lowest BCUT2D eigenvalue weighted by Crippen LogP contribution is -2.18. The molecular weight excluding hydrogens is 238 g/mol. The molecule has 1 amide bonds. The molecule has 0 aliphatic heterocycles. The number of benzene rings is 1. The number of anilines is 1. The Bertz CT molecular complexity index is 424. The van der Waals surface area contributed by atoms with Gasteiger partial charge in [-0.2, -0.15) is 5.10 Å². The fraction of sp³-hybridized carbons (Fsp3) is 0.467. The number of carbonyl (C=O) groups is 1. The molecule has 0 aliphatic carbocycles. The maximum Gasteiger partial charge on any atom is 0.240 e. The summed E-state index contributed by atoms with van der Waals surface area (Å²) in [6.45, 7) is 4.02. The van der Waals surface area contributed by atoms with Gasteiger partial charge in [0.2, 0.25) is 5.91 Å². The second kappa shape index (κ2) is 8.29. The first-order valence-electron chi connectivity index (χ1n) is 6.82. The molecule has 1 aromatic rings. The molecule has 1 rings (SSSR count). The fourth-order valence-corrected chi connectivity index (χ4v) is 1.70. The minimum absolute atomic E-state index is 0.0223. The van der Waals surface area contributed by atoms with Crippen LogP contribution >= 0.6 is 0 Å². The number of carbonyl (C=O) groups excluding carboxylic acids is 1. The summed E-state index contributed by atoms with van der Waals surface area (Å²) in [6.07, 6.45) is 4.93. The Morgan fingerprint density at radius 2 is 1.89 bits per heavy atom. The summed E-state index contributed by atoms with van der Waals surface area (Å²) in [4.78, 5) is 11.6. The van der Waals surface area contributed by atoms with E-state index in [1.165, 1.54) is 12.8 Å². The van der Waals surface area contributed by atoms with Gasteiger partial charge in [0.05, 0.1) is 5.71 Å². The summed E-state index contributed by atoms with van der Waals surface area (Å²) < 4.78 is 0. The van der Waals surface area contributed by atoms with Crippen LogP contribution in [-0.2, 0) is 4.79 Å². The van der Waals surface area contributed by atoms with Gasteiger partial charge in [0.1, 0.15) is 0 Å². The molecule has 0 heterocycles. The fourth-order valence-electron chi connectivity index (χ4n) is 1.70. The van der Waals surface area contributed by atoms with Crippen LogP contribution in [0.5, 0.6) is 0 Å². The molecule has 0 unspecified atom stereocenters. The van der Waals surface area contributed by atoms with Crippen LogP contribution < -0.4 is 11.2 Å². The van der Waals surface area contributed by atoms with E-state index in [-0.39, 0.29) is 5.91 Å². The van der Waals surface area contributed by atoms with Crippen LogP contribution in [0.1, 0.15) is 51.5 Å². The highest BCUT2D eigenvalue weighted by atomic mass is 16.2. The van der Waals surface area contributed by atoms with Crippen LogP contribution in [0.15, 0.2) is 29.4 Å². The minimum atomic E-state index is -0.0223. The van der Waals surface area contributed by atoms with Gasteiger partial charge >= 0.3 is 0 Å². The highest BCUT2D eigenvalue weighted by molar-refractivity contribution is 5.99. The van der Waals surface area contributed by atoms with E-state index in [4.69, 9.17) is 5.73 Å². The second-order valence-corrected chi connectivity index (χ2v) is 4.66. The van der Waals surface area contributed by atoms with Crippen molar-refractivity contribution in [2.45, 2.75) is 46.0 Å². The van der Waals surface area contributed by atoms with E-state index >= 15 is 0 Å². The van der Waals surface area contributed by atoms with Gasteiger partial charge in [-0.15, -0.1) is 0 Å². The molecule has 4 heteroatoms. The monoisotopic (exact) mass is 261 g/mol. The third-order valence-electron chi connectivity index (χ3n) is 2.93. The van der Waals surface area contributed by atoms with Crippen LogP contribution in [0.4, 0.5) is 5.69 Å².